The van der Waals surface area contributed by atoms with E-state index >= 15 is 0 Å². The molecule has 82 valence electrons. The van der Waals surface area contributed by atoms with Gasteiger partial charge in [0.05, 0.1) is 0 Å². The van der Waals surface area contributed by atoms with Crippen LogP contribution >= 0.6 is 0 Å². The first-order valence-corrected chi connectivity index (χ1v) is 6.08. The molecule has 0 spiro atoms. The summed E-state index contributed by atoms with van der Waals surface area (Å²) in [5.41, 5.74) is 7.61. The lowest BCUT2D eigenvalue weighted by Gasteiger charge is -2.14. The topological polar surface area (TPSA) is 26.0 Å². The molecule has 0 unspecified atom stereocenters. The van der Waals surface area contributed by atoms with Gasteiger partial charge < -0.3 is 5.73 Å². The molecular formula is C15H17N. The Morgan fingerprint density at radius 1 is 1.06 bits per heavy atom. The highest BCUT2D eigenvalue weighted by atomic mass is 14.6. The van der Waals surface area contributed by atoms with Gasteiger partial charge in [-0.15, -0.1) is 0 Å². The first-order chi connectivity index (χ1) is 7.84. The summed E-state index contributed by atoms with van der Waals surface area (Å²) < 4.78 is 0. The van der Waals surface area contributed by atoms with Crippen molar-refractivity contribution >= 4 is 10.8 Å². The zero-order chi connectivity index (χ0) is 11.0. The highest BCUT2D eigenvalue weighted by Crippen LogP contribution is 2.37. The lowest BCUT2D eigenvalue weighted by Crippen LogP contribution is -2.11. The van der Waals surface area contributed by atoms with Gasteiger partial charge in [-0.05, 0) is 28.7 Å². The average molecular weight is 211 g/mol. The van der Waals surface area contributed by atoms with Crippen molar-refractivity contribution in [1.29, 1.82) is 0 Å². The van der Waals surface area contributed by atoms with E-state index in [9.17, 15) is 0 Å². The van der Waals surface area contributed by atoms with Gasteiger partial charge >= 0.3 is 0 Å². The molecule has 0 bridgehead atoms. The number of hydrogen-bond acceptors (Lipinski definition) is 1. The Hall–Kier alpha value is -1.34. The third kappa shape index (κ3) is 1.83. The van der Waals surface area contributed by atoms with Gasteiger partial charge in [0, 0.05) is 6.04 Å². The van der Waals surface area contributed by atoms with Crippen LogP contribution in [-0.4, -0.2) is 0 Å². The molecule has 0 saturated heterocycles. The summed E-state index contributed by atoms with van der Waals surface area (Å²) in [5.74, 6) is 0.883. The van der Waals surface area contributed by atoms with Crippen LogP contribution in [0, 0.1) is 5.92 Å². The van der Waals surface area contributed by atoms with Crippen molar-refractivity contribution in [2.24, 2.45) is 11.7 Å². The second-order valence-corrected chi connectivity index (χ2v) is 4.85. The van der Waals surface area contributed by atoms with Crippen molar-refractivity contribution in [3.8, 4) is 0 Å². The fraction of sp³-hybridized carbons (Fsp3) is 0.333. The predicted octanol–water partition coefficient (Wildman–Crippen LogP) is 3.64. The molecule has 1 aliphatic carbocycles. The standard InChI is InChI=1S/C15H17N/c16-15(10-11-8-9-11)14-7-3-5-12-4-1-2-6-13(12)14/h1-7,11,15H,8-10,16H2/t15-/m1/s1. The molecule has 2 aromatic rings. The van der Waals surface area contributed by atoms with E-state index < -0.39 is 0 Å². The lowest BCUT2D eigenvalue weighted by atomic mass is 9.96. The maximum atomic E-state index is 6.30. The molecule has 1 fully saturated rings. The molecule has 1 heteroatoms. The van der Waals surface area contributed by atoms with Gasteiger partial charge in [-0.25, -0.2) is 0 Å². The van der Waals surface area contributed by atoms with Gasteiger partial charge in [-0.3, -0.25) is 0 Å². The van der Waals surface area contributed by atoms with Gasteiger partial charge in [0.15, 0.2) is 0 Å². The minimum Gasteiger partial charge on any atom is -0.324 e. The zero-order valence-electron chi connectivity index (χ0n) is 9.39. The van der Waals surface area contributed by atoms with E-state index in [0.717, 1.165) is 12.3 Å². The number of fused-ring (bicyclic) bond motifs is 1. The Kier molecular flexibility index (Phi) is 2.41. The van der Waals surface area contributed by atoms with Crippen LogP contribution in [0.5, 0.6) is 0 Å². The number of hydrogen-bond donors (Lipinski definition) is 1. The second-order valence-electron chi connectivity index (χ2n) is 4.85. The molecule has 16 heavy (non-hydrogen) atoms. The fourth-order valence-electron chi connectivity index (χ4n) is 2.41. The summed E-state index contributed by atoms with van der Waals surface area (Å²) in [5, 5.41) is 2.62. The van der Waals surface area contributed by atoms with Crippen molar-refractivity contribution in [2.75, 3.05) is 0 Å². The summed E-state index contributed by atoms with van der Waals surface area (Å²) in [6.45, 7) is 0. The fourth-order valence-corrected chi connectivity index (χ4v) is 2.41. The largest absolute Gasteiger partial charge is 0.324 e. The van der Waals surface area contributed by atoms with E-state index in [2.05, 4.69) is 42.5 Å². The van der Waals surface area contributed by atoms with Crippen LogP contribution in [0.4, 0.5) is 0 Å². The molecule has 0 aliphatic heterocycles. The Morgan fingerprint density at radius 2 is 1.81 bits per heavy atom. The van der Waals surface area contributed by atoms with Gasteiger partial charge in [-0.1, -0.05) is 55.3 Å². The number of benzene rings is 2. The molecule has 0 heterocycles. The number of nitrogens with two attached hydrogens (primary N) is 1. The molecule has 2 aromatic carbocycles. The Morgan fingerprint density at radius 3 is 2.62 bits per heavy atom. The van der Waals surface area contributed by atoms with Crippen LogP contribution in [-0.2, 0) is 0 Å². The van der Waals surface area contributed by atoms with Crippen LogP contribution in [0.3, 0.4) is 0 Å². The van der Waals surface area contributed by atoms with Crippen molar-refractivity contribution in [1.82, 2.24) is 0 Å². The van der Waals surface area contributed by atoms with Crippen LogP contribution in [0.15, 0.2) is 42.5 Å². The van der Waals surface area contributed by atoms with Crippen molar-refractivity contribution < 1.29 is 0 Å². The van der Waals surface area contributed by atoms with E-state index in [1.54, 1.807) is 0 Å². The number of rotatable bonds is 3. The lowest BCUT2D eigenvalue weighted by molar-refractivity contribution is 0.600. The average Bonchev–Trinajstić information content (AvgIpc) is 3.12. The highest BCUT2D eigenvalue weighted by Gasteiger charge is 2.24. The molecule has 0 aromatic heterocycles. The molecule has 1 aliphatic rings. The highest BCUT2D eigenvalue weighted by molar-refractivity contribution is 5.86. The summed E-state index contributed by atoms with van der Waals surface area (Å²) in [6, 6.07) is 15.2. The Bertz CT molecular complexity index is 494. The SMILES string of the molecule is N[C@H](CC1CC1)c1cccc2ccccc12. The van der Waals surface area contributed by atoms with Crippen LogP contribution in [0.25, 0.3) is 10.8 Å². The third-order valence-corrected chi connectivity index (χ3v) is 3.51. The van der Waals surface area contributed by atoms with E-state index in [1.165, 1.54) is 29.2 Å². The quantitative estimate of drug-likeness (QED) is 0.824. The first kappa shape index (κ1) is 9.86. The smallest absolute Gasteiger partial charge is 0.0303 e. The molecular weight excluding hydrogens is 194 g/mol. The molecule has 2 N–H and O–H groups in total. The van der Waals surface area contributed by atoms with Crippen molar-refractivity contribution in [2.45, 2.75) is 25.3 Å². The van der Waals surface area contributed by atoms with Crippen molar-refractivity contribution in [3.63, 3.8) is 0 Å². The molecule has 0 radical (unpaired) electrons. The molecule has 1 saturated carbocycles. The molecule has 1 atom stereocenters. The van der Waals surface area contributed by atoms with Crippen LogP contribution in [0.1, 0.15) is 30.9 Å². The second kappa shape index (κ2) is 3.91. The molecule has 3 rings (SSSR count). The normalized spacial score (nSPS) is 17.6. The summed E-state index contributed by atoms with van der Waals surface area (Å²) in [7, 11) is 0. The summed E-state index contributed by atoms with van der Waals surface area (Å²) >= 11 is 0. The summed E-state index contributed by atoms with van der Waals surface area (Å²) in [4.78, 5) is 0. The predicted molar refractivity (Wildman–Crippen MR) is 68.2 cm³/mol. The minimum absolute atomic E-state index is 0.207. The van der Waals surface area contributed by atoms with Crippen LogP contribution in [0.2, 0.25) is 0 Å². The van der Waals surface area contributed by atoms with Crippen molar-refractivity contribution in [3.05, 3.63) is 48.0 Å². The van der Waals surface area contributed by atoms with Gasteiger partial charge in [0.25, 0.3) is 0 Å². The van der Waals surface area contributed by atoms with E-state index in [1.807, 2.05) is 0 Å². The zero-order valence-corrected chi connectivity index (χ0v) is 9.39. The molecule has 1 nitrogen and oxygen atoms in total. The minimum atomic E-state index is 0.207. The third-order valence-electron chi connectivity index (χ3n) is 3.51. The van der Waals surface area contributed by atoms with Gasteiger partial charge in [0.2, 0.25) is 0 Å². The van der Waals surface area contributed by atoms with E-state index in [-0.39, 0.29) is 6.04 Å². The Labute approximate surface area is 96.3 Å². The van der Waals surface area contributed by atoms with Gasteiger partial charge in [-0.2, -0.15) is 0 Å². The Balaban J connectivity index is 2.00. The first-order valence-electron chi connectivity index (χ1n) is 6.08. The van der Waals surface area contributed by atoms with Gasteiger partial charge in [0.1, 0.15) is 0 Å². The summed E-state index contributed by atoms with van der Waals surface area (Å²) in [6.07, 6.45) is 3.89. The van der Waals surface area contributed by atoms with E-state index in [4.69, 9.17) is 5.73 Å². The maximum absolute atomic E-state index is 6.30. The monoisotopic (exact) mass is 211 g/mol. The molecule has 0 amide bonds. The van der Waals surface area contributed by atoms with E-state index in [0.29, 0.717) is 0 Å². The van der Waals surface area contributed by atoms with Crippen LogP contribution < -0.4 is 5.73 Å². The maximum Gasteiger partial charge on any atom is 0.0303 e.